The molecule has 0 aliphatic rings. The molecule has 0 radical (unpaired) electrons. The predicted molar refractivity (Wildman–Crippen MR) is 57.5 cm³/mol. The van der Waals surface area contributed by atoms with Gasteiger partial charge in [0.2, 0.25) is 0 Å². The molecule has 0 saturated carbocycles. The Morgan fingerprint density at radius 2 is 1.93 bits per heavy atom. The van der Waals surface area contributed by atoms with Gasteiger partial charge < -0.3 is 10.2 Å². The number of furan rings is 1. The van der Waals surface area contributed by atoms with Crippen LogP contribution in [0.5, 0.6) is 0 Å². The Hall–Kier alpha value is -1.87. The van der Waals surface area contributed by atoms with Gasteiger partial charge >= 0.3 is 0 Å². The molecular formula is C12H11NO2. The summed E-state index contributed by atoms with van der Waals surface area (Å²) in [7, 11) is 0. The van der Waals surface area contributed by atoms with Crippen LogP contribution in [0.25, 0.3) is 11.3 Å². The molecule has 2 N–H and O–H groups in total. The number of carbonyl (C=O) groups excluding carboxylic acids is 1. The van der Waals surface area contributed by atoms with Gasteiger partial charge in [0.15, 0.2) is 5.78 Å². The first-order chi connectivity index (χ1) is 7.31. The van der Waals surface area contributed by atoms with Crippen molar-refractivity contribution in [2.24, 2.45) is 5.73 Å². The summed E-state index contributed by atoms with van der Waals surface area (Å²) in [5, 5.41) is 0. The van der Waals surface area contributed by atoms with Crippen LogP contribution in [0, 0.1) is 0 Å². The maximum absolute atomic E-state index is 11.3. The highest BCUT2D eigenvalue weighted by molar-refractivity contribution is 5.97. The minimum atomic E-state index is -0.0546. The fourth-order valence-corrected chi connectivity index (χ4v) is 1.38. The van der Waals surface area contributed by atoms with Crippen LogP contribution in [0.4, 0.5) is 0 Å². The molecule has 0 fully saturated rings. The highest BCUT2D eigenvalue weighted by Crippen LogP contribution is 2.19. The molecule has 0 spiro atoms. The van der Waals surface area contributed by atoms with Crippen LogP contribution in [0.3, 0.4) is 0 Å². The first kappa shape index (κ1) is 9.68. The molecule has 2 aromatic rings. The average molecular weight is 201 g/mol. The van der Waals surface area contributed by atoms with E-state index in [1.807, 2.05) is 24.3 Å². The molecule has 0 bridgehead atoms. The largest absolute Gasteiger partial charge is 0.464 e. The Labute approximate surface area is 87.5 Å². The number of nitrogens with two attached hydrogens (primary N) is 1. The molecule has 0 aliphatic carbocycles. The Bertz CT molecular complexity index is 443. The predicted octanol–water partition coefficient (Wildman–Crippen LogP) is 2.09. The zero-order valence-corrected chi connectivity index (χ0v) is 8.14. The van der Waals surface area contributed by atoms with Gasteiger partial charge in [-0.05, 0) is 12.1 Å². The summed E-state index contributed by atoms with van der Waals surface area (Å²) in [6, 6.07) is 10.9. The molecule has 3 heteroatoms. The number of ketones is 1. The zero-order valence-electron chi connectivity index (χ0n) is 8.14. The van der Waals surface area contributed by atoms with Crippen LogP contribution in [0.2, 0.25) is 0 Å². The molecule has 0 unspecified atom stereocenters. The monoisotopic (exact) mass is 201 g/mol. The van der Waals surface area contributed by atoms with Crippen molar-refractivity contribution >= 4 is 5.78 Å². The summed E-state index contributed by atoms with van der Waals surface area (Å²) in [5.41, 5.74) is 6.85. The maximum atomic E-state index is 11.3. The Balaban J connectivity index is 2.29. The fourth-order valence-electron chi connectivity index (χ4n) is 1.38. The number of benzene rings is 1. The summed E-state index contributed by atoms with van der Waals surface area (Å²) in [4.78, 5) is 11.3. The summed E-state index contributed by atoms with van der Waals surface area (Å²) in [5.74, 6) is 0.739. The minimum absolute atomic E-state index is 0.0418. The third-order valence-corrected chi connectivity index (χ3v) is 2.20. The van der Waals surface area contributed by atoms with Crippen molar-refractivity contribution in [1.82, 2.24) is 0 Å². The van der Waals surface area contributed by atoms with Crippen molar-refractivity contribution in [2.75, 3.05) is 6.54 Å². The number of rotatable bonds is 3. The highest BCUT2D eigenvalue weighted by Gasteiger charge is 2.04. The average Bonchev–Trinajstić information content (AvgIpc) is 2.82. The SMILES string of the molecule is NCC(=O)c1ccc(-c2ccco2)cc1. The van der Waals surface area contributed by atoms with Gasteiger partial charge in [-0.1, -0.05) is 24.3 Å². The third kappa shape index (κ3) is 1.97. The van der Waals surface area contributed by atoms with Crippen molar-refractivity contribution in [2.45, 2.75) is 0 Å². The van der Waals surface area contributed by atoms with Gasteiger partial charge in [0.25, 0.3) is 0 Å². The Morgan fingerprint density at radius 3 is 2.47 bits per heavy atom. The van der Waals surface area contributed by atoms with Gasteiger partial charge in [-0.15, -0.1) is 0 Å². The van der Waals surface area contributed by atoms with Gasteiger partial charge in [0.1, 0.15) is 5.76 Å². The molecule has 1 heterocycles. The van der Waals surface area contributed by atoms with Gasteiger partial charge in [-0.25, -0.2) is 0 Å². The van der Waals surface area contributed by atoms with Crippen molar-refractivity contribution in [1.29, 1.82) is 0 Å². The lowest BCUT2D eigenvalue weighted by Crippen LogP contribution is -2.13. The molecule has 1 aromatic heterocycles. The molecule has 1 aromatic carbocycles. The van der Waals surface area contributed by atoms with Gasteiger partial charge in [-0.3, -0.25) is 4.79 Å². The summed E-state index contributed by atoms with van der Waals surface area (Å²) in [6.07, 6.45) is 1.62. The molecule has 76 valence electrons. The first-order valence-corrected chi connectivity index (χ1v) is 4.68. The van der Waals surface area contributed by atoms with Crippen LogP contribution >= 0.6 is 0 Å². The van der Waals surface area contributed by atoms with E-state index in [0.29, 0.717) is 5.56 Å². The van der Waals surface area contributed by atoms with Crippen LogP contribution in [0.1, 0.15) is 10.4 Å². The second-order valence-corrected chi connectivity index (χ2v) is 3.18. The van der Waals surface area contributed by atoms with E-state index in [1.165, 1.54) is 0 Å². The van der Waals surface area contributed by atoms with Gasteiger partial charge in [0.05, 0.1) is 12.8 Å². The van der Waals surface area contributed by atoms with E-state index < -0.39 is 0 Å². The van der Waals surface area contributed by atoms with Gasteiger partial charge in [-0.2, -0.15) is 0 Å². The quantitative estimate of drug-likeness (QED) is 0.773. The van der Waals surface area contributed by atoms with Crippen molar-refractivity contribution in [3.05, 3.63) is 48.2 Å². The Morgan fingerprint density at radius 1 is 1.20 bits per heavy atom. The van der Waals surface area contributed by atoms with E-state index in [9.17, 15) is 4.79 Å². The standard InChI is InChI=1S/C12H11NO2/c13-8-11(14)9-3-5-10(6-4-9)12-2-1-7-15-12/h1-7H,8,13H2. The lowest BCUT2D eigenvalue weighted by Gasteiger charge is -1.99. The van der Waals surface area contributed by atoms with E-state index in [1.54, 1.807) is 18.4 Å². The van der Waals surface area contributed by atoms with Crippen molar-refractivity contribution < 1.29 is 9.21 Å². The van der Waals surface area contributed by atoms with E-state index in [4.69, 9.17) is 10.2 Å². The molecule has 2 rings (SSSR count). The smallest absolute Gasteiger partial charge is 0.176 e. The molecule has 0 saturated heterocycles. The van der Waals surface area contributed by atoms with Gasteiger partial charge in [0, 0.05) is 11.1 Å². The topological polar surface area (TPSA) is 56.2 Å². The maximum Gasteiger partial charge on any atom is 0.176 e. The second kappa shape index (κ2) is 4.11. The molecule has 15 heavy (non-hydrogen) atoms. The zero-order chi connectivity index (χ0) is 10.7. The molecule has 0 atom stereocenters. The number of hydrogen-bond donors (Lipinski definition) is 1. The third-order valence-electron chi connectivity index (χ3n) is 2.20. The van der Waals surface area contributed by atoms with E-state index in [2.05, 4.69) is 0 Å². The van der Waals surface area contributed by atoms with Crippen LogP contribution in [-0.2, 0) is 0 Å². The Kier molecular flexibility index (Phi) is 2.65. The number of hydrogen-bond acceptors (Lipinski definition) is 3. The lowest BCUT2D eigenvalue weighted by atomic mass is 10.1. The number of carbonyl (C=O) groups is 1. The summed E-state index contributed by atoms with van der Waals surface area (Å²) >= 11 is 0. The molecule has 0 aliphatic heterocycles. The van der Waals surface area contributed by atoms with Crippen LogP contribution in [0.15, 0.2) is 47.1 Å². The van der Waals surface area contributed by atoms with E-state index in [-0.39, 0.29) is 12.3 Å². The second-order valence-electron chi connectivity index (χ2n) is 3.18. The van der Waals surface area contributed by atoms with Crippen molar-refractivity contribution in [3.63, 3.8) is 0 Å². The normalized spacial score (nSPS) is 10.2. The minimum Gasteiger partial charge on any atom is -0.464 e. The fraction of sp³-hybridized carbons (Fsp3) is 0.0833. The lowest BCUT2D eigenvalue weighted by molar-refractivity contribution is 0.100. The molecule has 0 amide bonds. The van der Waals surface area contributed by atoms with Crippen LogP contribution < -0.4 is 5.73 Å². The van der Waals surface area contributed by atoms with E-state index in [0.717, 1.165) is 11.3 Å². The first-order valence-electron chi connectivity index (χ1n) is 4.68. The highest BCUT2D eigenvalue weighted by atomic mass is 16.3. The van der Waals surface area contributed by atoms with E-state index >= 15 is 0 Å². The molecular weight excluding hydrogens is 190 g/mol. The summed E-state index contributed by atoms with van der Waals surface area (Å²) in [6.45, 7) is 0.0418. The summed E-state index contributed by atoms with van der Waals surface area (Å²) < 4.78 is 5.24. The van der Waals surface area contributed by atoms with Crippen LogP contribution in [-0.4, -0.2) is 12.3 Å². The number of Topliss-reactive ketones (excluding diaryl/α,β-unsaturated/α-hetero) is 1. The van der Waals surface area contributed by atoms with Crippen molar-refractivity contribution in [3.8, 4) is 11.3 Å². The molecule has 3 nitrogen and oxygen atoms in total.